The summed E-state index contributed by atoms with van der Waals surface area (Å²) in [7, 11) is 0. The van der Waals surface area contributed by atoms with Crippen molar-refractivity contribution in [2.45, 2.75) is 19.8 Å². The molecule has 0 heterocycles. The number of esters is 2. The van der Waals surface area contributed by atoms with E-state index in [1.807, 2.05) is 0 Å². The van der Waals surface area contributed by atoms with Crippen molar-refractivity contribution in [1.29, 1.82) is 0 Å². The van der Waals surface area contributed by atoms with E-state index < -0.39 is 18.1 Å². The highest BCUT2D eigenvalue weighted by Gasteiger charge is 2.02. The summed E-state index contributed by atoms with van der Waals surface area (Å²) in [4.78, 5) is 30.1. The van der Waals surface area contributed by atoms with E-state index in [1.54, 1.807) is 6.92 Å². The summed E-state index contributed by atoms with van der Waals surface area (Å²) in [5.41, 5.74) is 0.382. The SMILES string of the molecule is C=CC(=O)OCCCCOC(=O)C(=C)C.O=C(O)O. The van der Waals surface area contributed by atoms with Gasteiger partial charge >= 0.3 is 18.1 Å². The Morgan fingerprint density at radius 1 is 1.11 bits per heavy atom. The molecule has 108 valence electrons. The summed E-state index contributed by atoms with van der Waals surface area (Å²) < 4.78 is 9.57. The lowest BCUT2D eigenvalue weighted by Crippen LogP contribution is -2.07. The van der Waals surface area contributed by atoms with Gasteiger partial charge in [-0.15, -0.1) is 0 Å². The molecule has 7 heteroatoms. The Kier molecular flexibility index (Phi) is 12.2. The molecule has 0 aromatic rings. The largest absolute Gasteiger partial charge is 0.503 e. The molecule has 0 radical (unpaired) electrons. The highest BCUT2D eigenvalue weighted by atomic mass is 16.6. The second-order valence-electron chi connectivity index (χ2n) is 3.28. The summed E-state index contributed by atoms with van der Waals surface area (Å²) in [6, 6.07) is 0. The minimum atomic E-state index is -1.83. The van der Waals surface area contributed by atoms with Crippen LogP contribution in [0, 0.1) is 0 Å². The fraction of sp³-hybridized carbons (Fsp3) is 0.417. The quantitative estimate of drug-likeness (QED) is 0.414. The van der Waals surface area contributed by atoms with E-state index in [2.05, 4.69) is 13.2 Å². The van der Waals surface area contributed by atoms with Gasteiger partial charge in [0.1, 0.15) is 0 Å². The highest BCUT2D eigenvalue weighted by molar-refractivity contribution is 5.86. The van der Waals surface area contributed by atoms with Gasteiger partial charge in [0.25, 0.3) is 0 Å². The number of hydrogen-bond donors (Lipinski definition) is 2. The van der Waals surface area contributed by atoms with Crippen LogP contribution in [-0.2, 0) is 19.1 Å². The predicted molar refractivity (Wildman–Crippen MR) is 66.8 cm³/mol. The van der Waals surface area contributed by atoms with E-state index >= 15 is 0 Å². The molecule has 19 heavy (non-hydrogen) atoms. The van der Waals surface area contributed by atoms with Gasteiger partial charge in [0.2, 0.25) is 0 Å². The molecular formula is C12H18O7. The maximum atomic E-state index is 10.9. The van der Waals surface area contributed by atoms with E-state index in [0.717, 1.165) is 6.08 Å². The van der Waals surface area contributed by atoms with Gasteiger partial charge in [-0.1, -0.05) is 13.2 Å². The second-order valence-corrected chi connectivity index (χ2v) is 3.28. The first-order chi connectivity index (χ1) is 8.81. The minimum absolute atomic E-state index is 0.315. The Morgan fingerprint density at radius 3 is 1.89 bits per heavy atom. The van der Waals surface area contributed by atoms with E-state index in [0.29, 0.717) is 31.6 Å². The number of carbonyl (C=O) groups is 3. The van der Waals surface area contributed by atoms with Gasteiger partial charge in [-0.05, 0) is 19.8 Å². The van der Waals surface area contributed by atoms with Crippen LogP contribution in [0.15, 0.2) is 24.8 Å². The van der Waals surface area contributed by atoms with Crippen molar-refractivity contribution in [2.24, 2.45) is 0 Å². The summed E-state index contributed by atoms with van der Waals surface area (Å²) in [5, 5.41) is 13.9. The van der Waals surface area contributed by atoms with Gasteiger partial charge in [-0.25, -0.2) is 14.4 Å². The van der Waals surface area contributed by atoms with Crippen molar-refractivity contribution in [3.63, 3.8) is 0 Å². The number of carbonyl (C=O) groups excluding carboxylic acids is 2. The number of carboxylic acid groups (broad SMARTS) is 2. The van der Waals surface area contributed by atoms with Crippen molar-refractivity contribution in [3.05, 3.63) is 24.8 Å². The average Bonchev–Trinajstić information content (AvgIpc) is 2.31. The zero-order valence-electron chi connectivity index (χ0n) is 10.8. The monoisotopic (exact) mass is 274 g/mol. The molecule has 0 aromatic carbocycles. The molecule has 0 atom stereocenters. The summed E-state index contributed by atoms with van der Waals surface area (Å²) in [5.74, 6) is -0.827. The van der Waals surface area contributed by atoms with Gasteiger partial charge in [0.15, 0.2) is 0 Å². The van der Waals surface area contributed by atoms with Crippen molar-refractivity contribution in [3.8, 4) is 0 Å². The fourth-order valence-corrected chi connectivity index (χ4v) is 0.724. The molecule has 0 spiro atoms. The standard InChI is InChI=1S/C11H16O4.CH2O3/c1-4-10(12)14-7-5-6-8-15-11(13)9(2)3;2-1(3)4/h4H,1-2,5-8H2,3H3;(H2,2,3,4). The Bertz CT molecular complexity index is 329. The smallest absolute Gasteiger partial charge is 0.463 e. The Labute approximate surface area is 111 Å². The van der Waals surface area contributed by atoms with Crippen LogP contribution in [0.2, 0.25) is 0 Å². The van der Waals surface area contributed by atoms with Gasteiger partial charge in [0.05, 0.1) is 13.2 Å². The molecule has 0 rings (SSSR count). The van der Waals surface area contributed by atoms with Crippen LogP contribution in [-0.4, -0.2) is 41.5 Å². The lowest BCUT2D eigenvalue weighted by Gasteiger charge is -2.04. The Morgan fingerprint density at radius 2 is 1.53 bits per heavy atom. The summed E-state index contributed by atoms with van der Waals surface area (Å²) in [6.45, 7) is 8.94. The third-order valence-electron chi connectivity index (χ3n) is 1.53. The third-order valence-corrected chi connectivity index (χ3v) is 1.53. The maximum absolute atomic E-state index is 10.9. The number of rotatable bonds is 7. The first kappa shape index (κ1) is 19.0. The van der Waals surface area contributed by atoms with E-state index in [4.69, 9.17) is 24.5 Å². The van der Waals surface area contributed by atoms with Crippen molar-refractivity contribution in [1.82, 2.24) is 0 Å². The number of unbranched alkanes of at least 4 members (excludes halogenated alkanes) is 1. The van der Waals surface area contributed by atoms with Crippen LogP contribution in [0.1, 0.15) is 19.8 Å². The van der Waals surface area contributed by atoms with Crippen LogP contribution in [0.4, 0.5) is 4.79 Å². The van der Waals surface area contributed by atoms with E-state index in [-0.39, 0.29) is 0 Å². The molecule has 0 aliphatic heterocycles. The molecule has 0 unspecified atom stereocenters. The highest BCUT2D eigenvalue weighted by Crippen LogP contribution is 1.96. The minimum Gasteiger partial charge on any atom is -0.463 e. The van der Waals surface area contributed by atoms with Crippen LogP contribution >= 0.6 is 0 Å². The molecule has 0 amide bonds. The zero-order valence-corrected chi connectivity index (χ0v) is 10.8. The lowest BCUT2D eigenvalue weighted by atomic mass is 10.3. The molecule has 0 fully saturated rings. The van der Waals surface area contributed by atoms with Crippen molar-refractivity contribution in [2.75, 3.05) is 13.2 Å². The number of ether oxygens (including phenoxy) is 2. The topological polar surface area (TPSA) is 110 Å². The zero-order chi connectivity index (χ0) is 15.3. The molecule has 0 aliphatic rings. The third kappa shape index (κ3) is 18.3. The summed E-state index contributed by atoms with van der Waals surface area (Å²) in [6.07, 6.45) is 0.591. The van der Waals surface area contributed by atoms with Gasteiger partial charge < -0.3 is 19.7 Å². The number of hydrogen-bond acceptors (Lipinski definition) is 5. The second kappa shape index (κ2) is 12.2. The molecule has 0 bridgehead atoms. The van der Waals surface area contributed by atoms with Crippen LogP contribution in [0.25, 0.3) is 0 Å². The first-order valence-corrected chi connectivity index (χ1v) is 5.35. The van der Waals surface area contributed by atoms with Crippen LogP contribution < -0.4 is 0 Å². The molecular weight excluding hydrogens is 256 g/mol. The van der Waals surface area contributed by atoms with Gasteiger partial charge in [-0.3, -0.25) is 0 Å². The molecule has 2 N–H and O–H groups in total. The van der Waals surface area contributed by atoms with Gasteiger partial charge in [0, 0.05) is 11.6 Å². The van der Waals surface area contributed by atoms with Crippen LogP contribution in [0.5, 0.6) is 0 Å². The molecule has 0 saturated carbocycles. The normalized spacial score (nSPS) is 8.47. The van der Waals surface area contributed by atoms with Gasteiger partial charge in [-0.2, -0.15) is 0 Å². The molecule has 0 saturated heterocycles. The molecule has 7 nitrogen and oxygen atoms in total. The van der Waals surface area contributed by atoms with Crippen LogP contribution in [0.3, 0.4) is 0 Å². The van der Waals surface area contributed by atoms with E-state index in [1.165, 1.54) is 0 Å². The lowest BCUT2D eigenvalue weighted by molar-refractivity contribution is -0.140. The van der Waals surface area contributed by atoms with E-state index in [9.17, 15) is 9.59 Å². The average molecular weight is 274 g/mol. The van der Waals surface area contributed by atoms with Crippen molar-refractivity contribution >= 4 is 18.1 Å². The Balaban J connectivity index is 0. The van der Waals surface area contributed by atoms with Crippen molar-refractivity contribution < 1.29 is 34.1 Å². The maximum Gasteiger partial charge on any atom is 0.503 e. The molecule has 0 aliphatic carbocycles. The predicted octanol–water partition coefficient (Wildman–Crippen LogP) is 1.84. The molecule has 0 aromatic heterocycles. The summed E-state index contributed by atoms with van der Waals surface area (Å²) >= 11 is 0. The first-order valence-electron chi connectivity index (χ1n) is 5.35. The fourth-order valence-electron chi connectivity index (χ4n) is 0.724. The Hall–Kier alpha value is -2.31.